The molecule has 1 aromatic rings. The second-order valence-corrected chi connectivity index (χ2v) is 4.71. The molecule has 0 bridgehead atoms. The zero-order valence-electron chi connectivity index (χ0n) is 9.04. The number of nitro groups is 1. The molecule has 1 atom stereocenters. The van der Waals surface area contributed by atoms with Gasteiger partial charge in [0.25, 0.3) is 0 Å². The number of hydrogen-bond donors (Lipinski definition) is 0. The molecule has 0 N–H and O–H groups in total. The topological polar surface area (TPSA) is 79.4 Å². The van der Waals surface area contributed by atoms with E-state index in [1.807, 2.05) is 4.90 Å². The second kappa shape index (κ2) is 5.23. The molecule has 2 rings (SSSR count). The summed E-state index contributed by atoms with van der Waals surface area (Å²) in [5, 5.41) is 19.9. The van der Waals surface area contributed by atoms with Crippen molar-refractivity contribution in [2.45, 2.75) is 6.04 Å². The zero-order valence-corrected chi connectivity index (χ0v) is 9.85. The number of nitrogens with zero attached hydrogens (tertiary/aromatic N) is 3. The molecule has 0 aliphatic carbocycles. The maximum Gasteiger partial charge on any atom is 0.324 e. The van der Waals surface area contributed by atoms with Gasteiger partial charge in [0.05, 0.1) is 24.2 Å². The minimum absolute atomic E-state index is 0.0773. The van der Waals surface area contributed by atoms with E-state index in [0.717, 1.165) is 16.2 Å². The SMILES string of the molecule is N#CC(c1ccc([N+](=O)[O-])s1)N1CCOCC1. The normalized spacial score (nSPS) is 18.5. The van der Waals surface area contributed by atoms with Crippen LogP contribution >= 0.6 is 11.3 Å². The molecule has 90 valence electrons. The number of morpholine rings is 1. The van der Waals surface area contributed by atoms with E-state index in [4.69, 9.17) is 4.74 Å². The Morgan fingerprint density at radius 1 is 1.53 bits per heavy atom. The van der Waals surface area contributed by atoms with E-state index in [1.54, 1.807) is 6.07 Å². The predicted molar refractivity (Wildman–Crippen MR) is 61.7 cm³/mol. The third kappa shape index (κ3) is 2.61. The van der Waals surface area contributed by atoms with Gasteiger partial charge in [0.2, 0.25) is 0 Å². The summed E-state index contributed by atoms with van der Waals surface area (Å²) in [4.78, 5) is 12.9. The van der Waals surface area contributed by atoms with Crippen LogP contribution in [0.5, 0.6) is 0 Å². The van der Waals surface area contributed by atoms with Crippen molar-refractivity contribution >= 4 is 16.3 Å². The Labute approximate surface area is 102 Å². The Hall–Kier alpha value is -1.49. The average molecular weight is 253 g/mol. The zero-order chi connectivity index (χ0) is 12.3. The van der Waals surface area contributed by atoms with Crippen LogP contribution in [0.2, 0.25) is 0 Å². The minimum atomic E-state index is -0.429. The summed E-state index contributed by atoms with van der Waals surface area (Å²) in [5.41, 5.74) is 0. The monoisotopic (exact) mass is 253 g/mol. The highest BCUT2D eigenvalue weighted by atomic mass is 32.1. The lowest BCUT2D eigenvalue weighted by atomic mass is 10.2. The Balaban J connectivity index is 2.16. The molecule has 0 spiro atoms. The third-order valence-corrected chi connectivity index (χ3v) is 3.68. The number of thiophene rings is 1. The van der Waals surface area contributed by atoms with Crippen LogP contribution in [0.3, 0.4) is 0 Å². The van der Waals surface area contributed by atoms with E-state index in [9.17, 15) is 15.4 Å². The van der Waals surface area contributed by atoms with Gasteiger partial charge in [-0.15, -0.1) is 0 Å². The van der Waals surface area contributed by atoms with Crippen LogP contribution < -0.4 is 0 Å². The Kier molecular flexibility index (Phi) is 3.68. The van der Waals surface area contributed by atoms with E-state index < -0.39 is 11.0 Å². The minimum Gasteiger partial charge on any atom is -0.379 e. The van der Waals surface area contributed by atoms with Crippen molar-refractivity contribution in [1.82, 2.24) is 4.90 Å². The molecule has 0 radical (unpaired) electrons. The number of nitriles is 1. The summed E-state index contributed by atoms with van der Waals surface area (Å²) in [7, 11) is 0. The fourth-order valence-corrected chi connectivity index (χ4v) is 2.65. The number of hydrogen-bond acceptors (Lipinski definition) is 6. The summed E-state index contributed by atoms with van der Waals surface area (Å²) in [5.74, 6) is 0. The van der Waals surface area contributed by atoms with E-state index in [1.165, 1.54) is 6.07 Å². The maximum atomic E-state index is 10.6. The first-order valence-electron chi connectivity index (χ1n) is 5.18. The molecule has 17 heavy (non-hydrogen) atoms. The largest absolute Gasteiger partial charge is 0.379 e. The van der Waals surface area contributed by atoms with Crippen molar-refractivity contribution in [3.05, 3.63) is 27.1 Å². The van der Waals surface area contributed by atoms with Gasteiger partial charge in [0.1, 0.15) is 6.04 Å². The van der Waals surface area contributed by atoms with Crippen LogP contribution in [0.1, 0.15) is 10.9 Å². The van der Waals surface area contributed by atoms with Crippen LogP contribution in [-0.2, 0) is 4.74 Å². The van der Waals surface area contributed by atoms with E-state index in [2.05, 4.69) is 6.07 Å². The summed E-state index contributed by atoms with van der Waals surface area (Å²) in [6.45, 7) is 2.57. The van der Waals surface area contributed by atoms with Gasteiger partial charge in [0, 0.05) is 24.0 Å². The van der Waals surface area contributed by atoms with E-state index in [-0.39, 0.29) is 5.00 Å². The molecule has 1 unspecified atom stereocenters. The van der Waals surface area contributed by atoms with Crippen molar-refractivity contribution in [2.24, 2.45) is 0 Å². The van der Waals surface area contributed by atoms with Gasteiger partial charge in [-0.2, -0.15) is 5.26 Å². The molecule has 1 saturated heterocycles. The Morgan fingerprint density at radius 3 is 2.76 bits per heavy atom. The summed E-state index contributed by atoms with van der Waals surface area (Å²) in [6.07, 6.45) is 0. The third-order valence-electron chi connectivity index (χ3n) is 2.60. The summed E-state index contributed by atoms with van der Waals surface area (Å²) in [6, 6.07) is 4.90. The molecule has 1 aliphatic heterocycles. The van der Waals surface area contributed by atoms with Crippen molar-refractivity contribution in [3.8, 4) is 6.07 Å². The molecule has 0 saturated carbocycles. The molecule has 1 aliphatic rings. The van der Waals surface area contributed by atoms with Crippen LogP contribution in [0.15, 0.2) is 12.1 Å². The summed E-state index contributed by atoms with van der Waals surface area (Å²) < 4.78 is 5.22. The van der Waals surface area contributed by atoms with E-state index >= 15 is 0 Å². The van der Waals surface area contributed by atoms with Crippen molar-refractivity contribution < 1.29 is 9.66 Å². The highest BCUT2D eigenvalue weighted by molar-refractivity contribution is 7.15. The van der Waals surface area contributed by atoms with Crippen molar-refractivity contribution in [2.75, 3.05) is 26.3 Å². The molecule has 0 aromatic carbocycles. The lowest BCUT2D eigenvalue weighted by Gasteiger charge is -2.29. The van der Waals surface area contributed by atoms with Crippen LogP contribution in [0, 0.1) is 21.4 Å². The Bertz CT molecular complexity index is 448. The molecule has 6 nitrogen and oxygen atoms in total. The van der Waals surface area contributed by atoms with Crippen LogP contribution in [0.4, 0.5) is 5.00 Å². The van der Waals surface area contributed by atoms with Gasteiger partial charge < -0.3 is 4.74 Å². The lowest BCUT2D eigenvalue weighted by Crippen LogP contribution is -2.38. The smallest absolute Gasteiger partial charge is 0.324 e. The van der Waals surface area contributed by atoms with Crippen molar-refractivity contribution in [1.29, 1.82) is 5.26 Å². The molecular formula is C10H11N3O3S. The molecule has 7 heteroatoms. The van der Waals surface area contributed by atoms with Crippen molar-refractivity contribution in [3.63, 3.8) is 0 Å². The van der Waals surface area contributed by atoms with Gasteiger partial charge in [-0.05, 0) is 6.07 Å². The molecule has 0 amide bonds. The highest BCUT2D eigenvalue weighted by Crippen LogP contribution is 2.31. The predicted octanol–water partition coefficient (Wildman–Crippen LogP) is 1.55. The molecule has 1 fully saturated rings. The standard InChI is InChI=1S/C10H11N3O3S/c11-7-8(12-3-5-16-6-4-12)9-1-2-10(17-9)13(14)15/h1-2,8H,3-6H2. The van der Waals surface area contributed by atoms with Gasteiger partial charge in [-0.25, -0.2) is 0 Å². The average Bonchev–Trinajstić information content (AvgIpc) is 2.81. The van der Waals surface area contributed by atoms with Crippen LogP contribution in [-0.4, -0.2) is 36.1 Å². The quantitative estimate of drug-likeness (QED) is 0.603. The van der Waals surface area contributed by atoms with Gasteiger partial charge >= 0.3 is 5.00 Å². The van der Waals surface area contributed by atoms with Gasteiger partial charge in [-0.3, -0.25) is 15.0 Å². The fraction of sp³-hybridized carbons (Fsp3) is 0.500. The highest BCUT2D eigenvalue weighted by Gasteiger charge is 2.25. The first kappa shape index (κ1) is 12.0. The van der Waals surface area contributed by atoms with Crippen LogP contribution in [0.25, 0.3) is 0 Å². The lowest BCUT2D eigenvalue weighted by molar-refractivity contribution is -0.380. The van der Waals surface area contributed by atoms with E-state index in [0.29, 0.717) is 26.3 Å². The first-order chi connectivity index (χ1) is 8.22. The molecule has 1 aromatic heterocycles. The molecule has 2 heterocycles. The summed E-state index contributed by atoms with van der Waals surface area (Å²) >= 11 is 1.06. The second-order valence-electron chi connectivity index (χ2n) is 3.61. The first-order valence-corrected chi connectivity index (χ1v) is 5.99. The van der Waals surface area contributed by atoms with Gasteiger partial charge in [-0.1, -0.05) is 11.3 Å². The number of ether oxygens (including phenoxy) is 1. The fourth-order valence-electron chi connectivity index (χ4n) is 1.75. The molecular weight excluding hydrogens is 242 g/mol. The van der Waals surface area contributed by atoms with Gasteiger partial charge in [0.15, 0.2) is 0 Å². The number of rotatable bonds is 3. The Morgan fingerprint density at radius 2 is 2.24 bits per heavy atom. The maximum absolute atomic E-state index is 10.6.